The van der Waals surface area contributed by atoms with E-state index in [9.17, 15) is 4.79 Å². The minimum atomic E-state index is -0.255. The van der Waals surface area contributed by atoms with Crippen molar-refractivity contribution in [2.75, 3.05) is 0 Å². The van der Waals surface area contributed by atoms with Crippen LogP contribution in [0.5, 0.6) is 0 Å². The van der Waals surface area contributed by atoms with E-state index in [0.717, 1.165) is 12.1 Å². The molecule has 1 aromatic heterocycles. The Morgan fingerprint density at radius 3 is 2.52 bits per heavy atom. The van der Waals surface area contributed by atoms with Gasteiger partial charge in [-0.2, -0.15) is 0 Å². The van der Waals surface area contributed by atoms with Crippen LogP contribution in [0.25, 0.3) is 11.1 Å². The quantitative estimate of drug-likeness (QED) is 0.751. The number of para-hydroxylation sites is 2. The van der Waals surface area contributed by atoms with Crippen LogP contribution in [0.3, 0.4) is 0 Å². The van der Waals surface area contributed by atoms with Crippen molar-refractivity contribution in [3.63, 3.8) is 0 Å². The van der Waals surface area contributed by atoms with Crippen LogP contribution in [0.4, 0.5) is 0 Å². The van der Waals surface area contributed by atoms with Crippen LogP contribution in [-0.2, 0) is 13.2 Å². The highest BCUT2D eigenvalue weighted by atomic mass is 16.4. The monoisotopic (exact) mass is 337 g/mol. The van der Waals surface area contributed by atoms with Crippen molar-refractivity contribution < 1.29 is 9.32 Å². The summed E-state index contributed by atoms with van der Waals surface area (Å²) in [7, 11) is 0. The van der Waals surface area contributed by atoms with Crippen LogP contribution < -0.4 is 10.7 Å². The molecule has 4 nitrogen and oxygen atoms in total. The fourth-order valence-corrected chi connectivity index (χ4v) is 3.47. The lowest BCUT2D eigenvalue weighted by atomic mass is 10.0. The summed E-state index contributed by atoms with van der Waals surface area (Å²) in [4.78, 5) is 13.7. The summed E-state index contributed by atoms with van der Waals surface area (Å²) in [5.41, 5.74) is 4.26. The molecular weight excluding hydrogens is 312 g/mol. The standard InChI is InChI=1S/C21H24N2O2/c1-15(2)17-9-7-16(8-10-17)13-22(18-11-12-18)14-23-19-5-3-4-6-20(19)25-21(23)24/h3-10,15,18H,11-14H2,1-2H3/p+1. The Kier molecular flexibility index (Phi) is 4.22. The SMILES string of the molecule is CC(C)c1ccc(C[NH+](Cn2c(=O)oc3ccccc32)C2CC2)cc1. The Morgan fingerprint density at radius 2 is 1.84 bits per heavy atom. The molecule has 1 unspecified atom stereocenters. The lowest BCUT2D eigenvalue weighted by Gasteiger charge is -2.19. The van der Waals surface area contributed by atoms with Gasteiger partial charge in [0.05, 0.1) is 11.6 Å². The highest BCUT2D eigenvalue weighted by Crippen LogP contribution is 2.18. The molecule has 130 valence electrons. The van der Waals surface area contributed by atoms with E-state index in [4.69, 9.17) is 4.42 Å². The molecule has 0 bridgehead atoms. The average Bonchev–Trinajstić information content (AvgIpc) is 3.40. The number of fused-ring (bicyclic) bond motifs is 1. The molecule has 0 radical (unpaired) electrons. The zero-order valence-electron chi connectivity index (χ0n) is 14.9. The van der Waals surface area contributed by atoms with E-state index in [1.807, 2.05) is 24.3 Å². The van der Waals surface area contributed by atoms with Crippen molar-refractivity contribution in [1.82, 2.24) is 4.57 Å². The first-order valence-corrected chi connectivity index (χ1v) is 9.13. The molecule has 1 atom stereocenters. The molecule has 1 saturated carbocycles. The van der Waals surface area contributed by atoms with E-state index in [1.54, 1.807) is 4.57 Å². The molecule has 3 aromatic rings. The summed E-state index contributed by atoms with van der Waals surface area (Å²) in [6.45, 7) is 6.03. The molecule has 1 N–H and O–H groups in total. The Bertz CT molecular complexity index is 917. The Morgan fingerprint density at radius 1 is 1.12 bits per heavy atom. The Balaban J connectivity index is 1.57. The molecule has 25 heavy (non-hydrogen) atoms. The average molecular weight is 337 g/mol. The van der Waals surface area contributed by atoms with Gasteiger partial charge in [0.2, 0.25) is 0 Å². The van der Waals surface area contributed by atoms with E-state index in [0.29, 0.717) is 24.2 Å². The van der Waals surface area contributed by atoms with E-state index >= 15 is 0 Å². The third-order valence-electron chi connectivity index (χ3n) is 5.17. The lowest BCUT2D eigenvalue weighted by Crippen LogP contribution is -3.11. The maximum absolute atomic E-state index is 12.3. The minimum Gasteiger partial charge on any atom is -0.408 e. The maximum atomic E-state index is 12.3. The summed E-state index contributed by atoms with van der Waals surface area (Å²) in [6.07, 6.45) is 2.48. The lowest BCUT2D eigenvalue weighted by molar-refractivity contribution is -0.947. The topological polar surface area (TPSA) is 39.6 Å². The van der Waals surface area contributed by atoms with Crippen LogP contribution in [0, 0.1) is 0 Å². The van der Waals surface area contributed by atoms with E-state index in [-0.39, 0.29) is 5.76 Å². The fourth-order valence-electron chi connectivity index (χ4n) is 3.47. The van der Waals surface area contributed by atoms with Gasteiger partial charge in [-0.15, -0.1) is 0 Å². The predicted molar refractivity (Wildman–Crippen MR) is 98.7 cm³/mol. The molecule has 1 aliphatic carbocycles. The number of aromatic nitrogens is 1. The van der Waals surface area contributed by atoms with Crippen LogP contribution in [0.15, 0.2) is 57.7 Å². The van der Waals surface area contributed by atoms with Gasteiger partial charge in [-0.3, -0.25) is 0 Å². The van der Waals surface area contributed by atoms with Crippen LogP contribution in [-0.4, -0.2) is 10.6 Å². The van der Waals surface area contributed by atoms with Crippen LogP contribution in [0.2, 0.25) is 0 Å². The second kappa shape index (κ2) is 6.52. The Labute approximate surface area is 147 Å². The van der Waals surface area contributed by atoms with Gasteiger partial charge >= 0.3 is 5.76 Å². The van der Waals surface area contributed by atoms with Gasteiger partial charge in [0.15, 0.2) is 12.3 Å². The van der Waals surface area contributed by atoms with Crippen molar-refractivity contribution in [2.45, 2.75) is 51.9 Å². The normalized spacial score (nSPS) is 15.8. The van der Waals surface area contributed by atoms with Gasteiger partial charge in [-0.05, 0) is 23.6 Å². The van der Waals surface area contributed by atoms with Crippen molar-refractivity contribution in [2.24, 2.45) is 0 Å². The molecule has 0 amide bonds. The maximum Gasteiger partial charge on any atom is 0.424 e. The largest absolute Gasteiger partial charge is 0.424 e. The van der Waals surface area contributed by atoms with E-state index in [2.05, 4.69) is 38.1 Å². The molecule has 4 rings (SSSR count). The second-order valence-electron chi connectivity index (χ2n) is 7.43. The molecule has 4 heteroatoms. The molecule has 0 saturated heterocycles. The number of hydrogen-bond acceptors (Lipinski definition) is 2. The molecule has 2 aromatic carbocycles. The first-order chi connectivity index (χ1) is 12.1. The van der Waals surface area contributed by atoms with Crippen molar-refractivity contribution in [1.29, 1.82) is 0 Å². The highest BCUT2D eigenvalue weighted by Gasteiger charge is 2.34. The first-order valence-electron chi connectivity index (χ1n) is 9.13. The molecule has 1 aliphatic rings. The molecule has 0 spiro atoms. The summed E-state index contributed by atoms with van der Waals surface area (Å²) in [5, 5.41) is 0. The van der Waals surface area contributed by atoms with Gasteiger partial charge in [0.1, 0.15) is 6.54 Å². The summed E-state index contributed by atoms with van der Waals surface area (Å²) in [5.74, 6) is 0.298. The van der Waals surface area contributed by atoms with Gasteiger partial charge in [0.25, 0.3) is 0 Å². The first kappa shape index (κ1) is 16.2. The zero-order valence-corrected chi connectivity index (χ0v) is 14.9. The van der Waals surface area contributed by atoms with Crippen LogP contribution >= 0.6 is 0 Å². The highest BCUT2D eigenvalue weighted by molar-refractivity contribution is 5.72. The number of rotatable bonds is 6. The van der Waals surface area contributed by atoms with Crippen molar-refractivity contribution >= 4 is 11.1 Å². The van der Waals surface area contributed by atoms with Gasteiger partial charge in [-0.25, -0.2) is 9.36 Å². The third-order valence-corrected chi connectivity index (χ3v) is 5.17. The van der Waals surface area contributed by atoms with Crippen molar-refractivity contribution in [3.05, 3.63) is 70.2 Å². The smallest absolute Gasteiger partial charge is 0.408 e. The fraction of sp³-hybridized carbons (Fsp3) is 0.381. The molecule has 0 aliphatic heterocycles. The van der Waals surface area contributed by atoms with Gasteiger partial charge in [-0.1, -0.05) is 50.2 Å². The summed E-state index contributed by atoms with van der Waals surface area (Å²) in [6, 6.07) is 17.2. The summed E-state index contributed by atoms with van der Waals surface area (Å²) < 4.78 is 7.17. The Hall–Kier alpha value is -2.33. The van der Waals surface area contributed by atoms with E-state index in [1.165, 1.54) is 28.9 Å². The number of benzene rings is 2. The number of oxazole rings is 1. The minimum absolute atomic E-state index is 0.255. The number of nitrogens with one attached hydrogen (secondary N) is 1. The number of hydrogen-bond donors (Lipinski definition) is 1. The number of nitrogens with zero attached hydrogens (tertiary/aromatic N) is 1. The molecular formula is C21H25N2O2+. The van der Waals surface area contributed by atoms with Gasteiger partial charge in [0, 0.05) is 18.4 Å². The third kappa shape index (κ3) is 3.40. The predicted octanol–water partition coefficient (Wildman–Crippen LogP) is 2.92. The van der Waals surface area contributed by atoms with E-state index < -0.39 is 0 Å². The zero-order chi connectivity index (χ0) is 17.4. The van der Waals surface area contributed by atoms with Crippen LogP contribution in [0.1, 0.15) is 43.7 Å². The number of quaternary nitrogens is 1. The van der Waals surface area contributed by atoms with Crippen molar-refractivity contribution in [3.8, 4) is 0 Å². The molecule has 1 fully saturated rings. The second-order valence-corrected chi connectivity index (χ2v) is 7.43. The summed E-state index contributed by atoms with van der Waals surface area (Å²) >= 11 is 0. The molecule has 1 heterocycles. The van der Waals surface area contributed by atoms with Gasteiger partial charge < -0.3 is 9.32 Å².